The van der Waals surface area contributed by atoms with Crippen molar-refractivity contribution in [3.8, 4) is 17.3 Å². The average Bonchev–Trinajstić information content (AvgIpc) is 2.64. The highest BCUT2D eigenvalue weighted by Gasteiger charge is 2.21. The molecule has 0 aliphatic rings. The summed E-state index contributed by atoms with van der Waals surface area (Å²) in [5, 5.41) is 20.4. The Morgan fingerprint density at radius 1 is 1.12 bits per heavy atom. The summed E-state index contributed by atoms with van der Waals surface area (Å²) in [5.41, 5.74) is 1.19. The lowest BCUT2D eigenvalue weighted by Crippen LogP contribution is -2.25. The summed E-state index contributed by atoms with van der Waals surface area (Å²) in [7, 11) is 0. The lowest BCUT2D eigenvalue weighted by molar-refractivity contribution is -0.391. The van der Waals surface area contributed by atoms with Crippen molar-refractivity contribution in [3.05, 3.63) is 92.4 Å². The molecule has 0 fully saturated rings. The van der Waals surface area contributed by atoms with Gasteiger partial charge in [-0.2, -0.15) is 5.26 Å². The van der Waals surface area contributed by atoms with E-state index in [2.05, 4.69) is 11.1 Å². The van der Waals surface area contributed by atoms with E-state index in [1.807, 2.05) is 6.07 Å². The van der Waals surface area contributed by atoms with E-state index >= 15 is 0 Å². The van der Waals surface area contributed by atoms with Crippen LogP contribution in [0.2, 0.25) is 0 Å². The van der Waals surface area contributed by atoms with Crippen LogP contribution in [0.15, 0.2) is 65.6 Å². The Labute approximate surface area is 142 Å². The van der Waals surface area contributed by atoms with Crippen molar-refractivity contribution in [2.75, 3.05) is 0 Å². The van der Waals surface area contributed by atoms with Crippen LogP contribution in [0.4, 0.5) is 5.82 Å². The smallest absolute Gasteiger partial charge is 0.358 e. The molecule has 7 heteroatoms. The first-order valence-corrected chi connectivity index (χ1v) is 7.39. The predicted octanol–water partition coefficient (Wildman–Crippen LogP) is 2.74. The third-order valence-electron chi connectivity index (χ3n) is 3.68. The average molecular weight is 332 g/mol. The van der Waals surface area contributed by atoms with Crippen LogP contribution in [0, 0.1) is 21.4 Å². The van der Waals surface area contributed by atoms with E-state index in [4.69, 9.17) is 0 Å². The molecule has 0 aliphatic heterocycles. The van der Waals surface area contributed by atoms with Gasteiger partial charge < -0.3 is 10.1 Å². The monoisotopic (exact) mass is 332 g/mol. The van der Waals surface area contributed by atoms with Crippen LogP contribution < -0.4 is 5.56 Å². The molecule has 25 heavy (non-hydrogen) atoms. The molecule has 1 aromatic heterocycles. The van der Waals surface area contributed by atoms with Gasteiger partial charge in [0.1, 0.15) is 0 Å². The maximum Gasteiger partial charge on any atom is 0.430 e. The number of nitrogens with zero attached hydrogens (tertiary/aromatic N) is 4. The molecule has 0 radical (unpaired) electrons. The highest BCUT2D eigenvalue weighted by Crippen LogP contribution is 2.18. The molecule has 122 valence electrons. The van der Waals surface area contributed by atoms with Crippen molar-refractivity contribution in [2.45, 2.75) is 6.54 Å². The number of rotatable bonds is 4. The van der Waals surface area contributed by atoms with Crippen molar-refractivity contribution >= 4 is 5.82 Å². The van der Waals surface area contributed by atoms with Crippen molar-refractivity contribution in [1.82, 2.24) is 9.55 Å². The van der Waals surface area contributed by atoms with Crippen LogP contribution in [0.1, 0.15) is 11.1 Å². The highest BCUT2D eigenvalue weighted by atomic mass is 16.6. The summed E-state index contributed by atoms with van der Waals surface area (Å²) in [6.45, 7) is 0.0474. The van der Waals surface area contributed by atoms with Gasteiger partial charge in [0.05, 0.1) is 24.4 Å². The SMILES string of the molecule is N#Cc1ccccc1Cn1cc(-c2ccccc2)nc([N+](=O)[O-])c1=O. The topological polar surface area (TPSA) is 102 Å². The van der Waals surface area contributed by atoms with Crippen molar-refractivity contribution < 1.29 is 4.92 Å². The number of nitriles is 1. The number of benzene rings is 2. The van der Waals surface area contributed by atoms with Gasteiger partial charge in [-0.1, -0.05) is 48.5 Å². The third-order valence-corrected chi connectivity index (χ3v) is 3.68. The second-order valence-electron chi connectivity index (χ2n) is 5.27. The Bertz CT molecular complexity index is 1040. The second kappa shape index (κ2) is 6.76. The molecular weight excluding hydrogens is 320 g/mol. The molecule has 3 rings (SSSR count). The molecule has 3 aromatic rings. The first-order valence-electron chi connectivity index (χ1n) is 7.39. The maximum absolute atomic E-state index is 12.4. The number of hydrogen-bond acceptors (Lipinski definition) is 5. The molecule has 0 amide bonds. The van der Waals surface area contributed by atoms with Gasteiger partial charge in [-0.3, -0.25) is 9.36 Å². The standard InChI is InChI=1S/C18H12N4O3/c19-10-14-8-4-5-9-15(14)11-21-12-16(13-6-2-1-3-7-13)20-17(18(21)23)22(24)25/h1-9,12H,11H2. The number of nitro groups is 1. The highest BCUT2D eigenvalue weighted by molar-refractivity contribution is 5.58. The Morgan fingerprint density at radius 2 is 1.80 bits per heavy atom. The molecule has 0 saturated carbocycles. The fraction of sp³-hybridized carbons (Fsp3) is 0.0556. The minimum atomic E-state index is -0.808. The Morgan fingerprint density at radius 3 is 2.48 bits per heavy atom. The lowest BCUT2D eigenvalue weighted by atomic mass is 10.1. The summed E-state index contributed by atoms with van der Waals surface area (Å²) in [6, 6.07) is 17.7. The molecule has 7 nitrogen and oxygen atoms in total. The second-order valence-corrected chi connectivity index (χ2v) is 5.27. The molecule has 0 spiro atoms. The zero-order valence-electron chi connectivity index (χ0n) is 13.0. The molecular formula is C18H12N4O3. The fourth-order valence-electron chi connectivity index (χ4n) is 2.46. The zero-order valence-corrected chi connectivity index (χ0v) is 13.0. The number of aromatic nitrogens is 2. The van der Waals surface area contributed by atoms with E-state index < -0.39 is 16.3 Å². The van der Waals surface area contributed by atoms with Crippen LogP contribution in [0.5, 0.6) is 0 Å². The third kappa shape index (κ3) is 3.28. The van der Waals surface area contributed by atoms with Gasteiger partial charge in [-0.25, -0.2) is 0 Å². The maximum atomic E-state index is 12.4. The molecule has 0 bridgehead atoms. The Hall–Kier alpha value is -3.79. The quantitative estimate of drug-likeness (QED) is 0.540. The minimum Gasteiger partial charge on any atom is -0.358 e. The molecule has 2 aromatic carbocycles. The largest absolute Gasteiger partial charge is 0.430 e. The van der Waals surface area contributed by atoms with Gasteiger partial charge in [0.2, 0.25) is 0 Å². The van der Waals surface area contributed by atoms with Crippen molar-refractivity contribution in [1.29, 1.82) is 5.26 Å². The van der Waals surface area contributed by atoms with E-state index in [9.17, 15) is 20.2 Å². The molecule has 0 saturated heterocycles. The molecule has 0 N–H and O–H groups in total. The Kier molecular flexibility index (Phi) is 4.35. The minimum absolute atomic E-state index is 0.0474. The summed E-state index contributed by atoms with van der Waals surface area (Å²) in [5.74, 6) is -0.740. The van der Waals surface area contributed by atoms with Crippen LogP contribution >= 0.6 is 0 Å². The van der Waals surface area contributed by atoms with Gasteiger partial charge in [0, 0.05) is 5.56 Å². The lowest BCUT2D eigenvalue weighted by Gasteiger charge is -2.08. The zero-order chi connectivity index (χ0) is 17.8. The van der Waals surface area contributed by atoms with E-state index in [0.29, 0.717) is 22.4 Å². The van der Waals surface area contributed by atoms with Crippen molar-refractivity contribution in [2.24, 2.45) is 0 Å². The predicted molar refractivity (Wildman–Crippen MR) is 90.8 cm³/mol. The molecule has 0 unspecified atom stereocenters. The van der Waals surface area contributed by atoms with Crippen LogP contribution in [-0.4, -0.2) is 14.5 Å². The van der Waals surface area contributed by atoms with E-state index in [1.165, 1.54) is 10.8 Å². The van der Waals surface area contributed by atoms with Gasteiger partial charge in [-0.05, 0) is 21.5 Å². The van der Waals surface area contributed by atoms with Crippen LogP contribution in [0.3, 0.4) is 0 Å². The first kappa shape index (κ1) is 16.1. The van der Waals surface area contributed by atoms with Gasteiger partial charge >= 0.3 is 11.4 Å². The molecule has 0 aliphatic carbocycles. The van der Waals surface area contributed by atoms with Crippen LogP contribution in [0.25, 0.3) is 11.3 Å². The summed E-state index contributed by atoms with van der Waals surface area (Å²) in [4.78, 5) is 26.7. The van der Waals surface area contributed by atoms with E-state index in [1.54, 1.807) is 48.5 Å². The van der Waals surface area contributed by atoms with Gasteiger partial charge in [0.25, 0.3) is 0 Å². The summed E-state index contributed by atoms with van der Waals surface area (Å²) >= 11 is 0. The van der Waals surface area contributed by atoms with E-state index in [0.717, 1.165) is 0 Å². The molecule has 0 atom stereocenters. The summed E-state index contributed by atoms with van der Waals surface area (Å²) < 4.78 is 1.21. The Balaban J connectivity index is 2.16. The van der Waals surface area contributed by atoms with E-state index in [-0.39, 0.29) is 6.54 Å². The van der Waals surface area contributed by atoms with Gasteiger partial charge in [0.15, 0.2) is 5.69 Å². The number of hydrogen-bond donors (Lipinski definition) is 0. The summed E-state index contributed by atoms with van der Waals surface area (Å²) in [6.07, 6.45) is 1.47. The normalized spacial score (nSPS) is 10.2. The van der Waals surface area contributed by atoms with Crippen molar-refractivity contribution in [3.63, 3.8) is 0 Å². The van der Waals surface area contributed by atoms with Crippen LogP contribution in [-0.2, 0) is 6.54 Å². The molecule has 1 heterocycles. The fourth-order valence-corrected chi connectivity index (χ4v) is 2.46. The van der Waals surface area contributed by atoms with Gasteiger partial charge in [-0.15, -0.1) is 0 Å². The first-order chi connectivity index (χ1) is 12.1.